The number of ether oxygens (including phenoxy) is 1. The molecular formula is C18H23N3O4. The number of hydrogen-bond acceptors (Lipinski definition) is 7. The Morgan fingerprint density at radius 1 is 1.28 bits per heavy atom. The van der Waals surface area contributed by atoms with E-state index in [2.05, 4.69) is 9.97 Å². The summed E-state index contributed by atoms with van der Waals surface area (Å²) in [5.74, 6) is 1.43. The summed E-state index contributed by atoms with van der Waals surface area (Å²) < 4.78 is 5.04. The Bertz CT molecular complexity index is 741. The van der Waals surface area contributed by atoms with Gasteiger partial charge in [-0.25, -0.2) is 14.8 Å². The minimum atomic E-state index is -0.422. The van der Waals surface area contributed by atoms with Gasteiger partial charge in [0.25, 0.3) is 0 Å². The molecule has 8 unspecified atom stereocenters. The molecule has 134 valence electrons. The van der Waals surface area contributed by atoms with Crippen LogP contribution in [0.3, 0.4) is 0 Å². The number of hydrogen-bond donors (Lipinski definition) is 2. The molecule has 25 heavy (non-hydrogen) atoms. The fraction of sp³-hybridized carbons (Fsp3) is 0.722. The van der Waals surface area contributed by atoms with Crippen molar-refractivity contribution in [2.24, 2.45) is 23.7 Å². The number of aliphatic hydroxyl groups excluding tert-OH is 2. The molecule has 3 saturated carbocycles. The largest absolute Gasteiger partial charge is 0.462 e. The molecular weight excluding hydrogens is 322 g/mol. The summed E-state index contributed by atoms with van der Waals surface area (Å²) in [6.07, 6.45) is 2.63. The third kappa shape index (κ3) is 1.85. The lowest BCUT2D eigenvalue weighted by Crippen LogP contribution is -2.61. The molecule has 0 aromatic carbocycles. The molecule has 2 heterocycles. The van der Waals surface area contributed by atoms with Gasteiger partial charge in [0, 0.05) is 6.20 Å². The number of piperidine rings is 1. The first-order valence-electron chi connectivity index (χ1n) is 9.18. The van der Waals surface area contributed by atoms with Crippen LogP contribution in [0, 0.1) is 30.6 Å². The Morgan fingerprint density at radius 2 is 2.08 bits per heavy atom. The Balaban J connectivity index is 1.53. The van der Waals surface area contributed by atoms with Crippen LogP contribution in [-0.2, 0) is 4.74 Å². The maximum atomic E-state index is 12.0. The topological polar surface area (TPSA) is 95.8 Å². The van der Waals surface area contributed by atoms with E-state index in [0.717, 1.165) is 12.8 Å². The number of carbonyl (C=O) groups is 1. The fourth-order valence-electron chi connectivity index (χ4n) is 6.17. The molecule has 5 rings (SSSR count). The Hall–Kier alpha value is -1.73. The standard InChI is InChI=1S/C18H23N3O4/c1-3-25-17(24)11-6-19-18(20-7(11)2)21-12-5-8-9-4-10(13(8)16(12)23)14(21)15(9)22/h6,8-10,12-16,22-23H,3-5H2,1-2H3. The van der Waals surface area contributed by atoms with Crippen LogP contribution >= 0.6 is 0 Å². The quantitative estimate of drug-likeness (QED) is 0.771. The molecule has 1 aliphatic heterocycles. The monoisotopic (exact) mass is 345 g/mol. The molecule has 1 aromatic rings. The first kappa shape index (κ1) is 15.5. The number of esters is 1. The van der Waals surface area contributed by atoms with E-state index in [1.54, 1.807) is 13.8 Å². The lowest BCUT2D eigenvalue weighted by Gasteiger charge is -2.48. The van der Waals surface area contributed by atoms with Crippen LogP contribution in [0.15, 0.2) is 6.20 Å². The van der Waals surface area contributed by atoms with Gasteiger partial charge in [0.05, 0.1) is 42.2 Å². The molecule has 0 spiro atoms. The highest BCUT2D eigenvalue weighted by Crippen LogP contribution is 2.64. The van der Waals surface area contributed by atoms with Crippen molar-refractivity contribution in [1.29, 1.82) is 0 Å². The maximum absolute atomic E-state index is 12.0. The average molecular weight is 345 g/mol. The van der Waals surface area contributed by atoms with Crippen molar-refractivity contribution in [3.05, 3.63) is 17.5 Å². The summed E-state index contributed by atoms with van der Waals surface area (Å²) in [4.78, 5) is 23.0. The van der Waals surface area contributed by atoms with Crippen molar-refractivity contribution >= 4 is 11.9 Å². The normalized spacial score (nSPS) is 43.1. The molecule has 3 aliphatic carbocycles. The van der Waals surface area contributed by atoms with Crippen LogP contribution in [0.1, 0.15) is 35.8 Å². The van der Waals surface area contributed by atoms with Gasteiger partial charge < -0.3 is 19.8 Å². The van der Waals surface area contributed by atoms with Crippen molar-refractivity contribution in [1.82, 2.24) is 9.97 Å². The number of aryl methyl sites for hydroxylation is 1. The lowest BCUT2D eigenvalue weighted by atomic mass is 9.75. The zero-order chi connectivity index (χ0) is 17.5. The molecule has 4 bridgehead atoms. The molecule has 1 saturated heterocycles. The minimum Gasteiger partial charge on any atom is -0.462 e. The summed E-state index contributed by atoms with van der Waals surface area (Å²) in [6.45, 7) is 3.83. The molecule has 8 atom stereocenters. The zero-order valence-electron chi connectivity index (χ0n) is 14.4. The van der Waals surface area contributed by atoms with Crippen LogP contribution in [0.25, 0.3) is 0 Å². The molecule has 4 fully saturated rings. The molecule has 2 N–H and O–H groups in total. The highest BCUT2D eigenvalue weighted by Gasteiger charge is 2.70. The number of rotatable bonds is 3. The minimum absolute atomic E-state index is 0.0185. The van der Waals surface area contributed by atoms with Crippen LogP contribution in [-0.4, -0.2) is 57.0 Å². The first-order valence-corrected chi connectivity index (χ1v) is 9.18. The molecule has 7 nitrogen and oxygen atoms in total. The van der Waals surface area contributed by atoms with Crippen LogP contribution in [0.2, 0.25) is 0 Å². The van der Waals surface area contributed by atoms with Crippen molar-refractivity contribution < 1.29 is 19.7 Å². The number of carbonyl (C=O) groups excluding carboxylic acids is 1. The van der Waals surface area contributed by atoms with Gasteiger partial charge in [-0.3, -0.25) is 0 Å². The number of anilines is 1. The summed E-state index contributed by atoms with van der Waals surface area (Å²) in [5, 5.41) is 21.5. The van der Waals surface area contributed by atoms with Crippen molar-refractivity contribution in [2.45, 2.75) is 51.0 Å². The van der Waals surface area contributed by atoms with Crippen LogP contribution in [0.4, 0.5) is 5.95 Å². The van der Waals surface area contributed by atoms with Crippen molar-refractivity contribution in [2.75, 3.05) is 11.5 Å². The smallest absolute Gasteiger partial charge is 0.341 e. The second-order valence-corrected chi connectivity index (χ2v) is 7.88. The van der Waals surface area contributed by atoms with E-state index >= 15 is 0 Å². The second-order valence-electron chi connectivity index (χ2n) is 7.88. The summed E-state index contributed by atoms with van der Waals surface area (Å²) in [7, 11) is 0. The lowest BCUT2D eigenvalue weighted by molar-refractivity contribution is -0.0130. The van der Waals surface area contributed by atoms with E-state index in [1.165, 1.54) is 6.20 Å². The Labute approximate surface area is 146 Å². The van der Waals surface area contributed by atoms with Gasteiger partial charge in [0.2, 0.25) is 5.95 Å². The third-order valence-corrected chi connectivity index (χ3v) is 6.98. The summed E-state index contributed by atoms with van der Waals surface area (Å²) in [5.41, 5.74) is 0.927. The average Bonchev–Trinajstić information content (AvgIpc) is 3.14. The predicted molar refractivity (Wildman–Crippen MR) is 88.0 cm³/mol. The number of aliphatic hydroxyl groups is 2. The zero-order valence-corrected chi connectivity index (χ0v) is 14.4. The third-order valence-electron chi connectivity index (χ3n) is 6.98. The van der Waals surface area contributed by atoms with E-state index in [-0.39, 0.29) is 24.3 Å². The van der Waals surface area contributed by atoms with E-state index in [4.69, 9.17) is 4.74 Å². The maximum Gasteiger partial charge on any atom is 0.341 e. The van der Waals surface area contributed by atoms with Gasteiger partial charge >= 0.3 is 5.97 Å². The number of nitrogens with zero attached hydrogens (tertiary/aromatic N) is 3. The van der Waals surface area contributed by atoms with Gasteiger partial charge in [0.1, 0.15) is 0 Å². The number of fused-ring (bicyclic) bond motifs is 3. The SMILES string of the molecule is CCOC(=O)c1cnc(N2C3CC4C5CC(C4C3O)C2C5O)nc1C. The highest BCUT2D eigenvalue weighted by molar-refractivity contribution is 5.90. The molecule has 7 heteroatoms. The number of aromatic nitrogens is 2. The predicted octanol–water partition coefficient (Wildman–Crippen LogP) is 0.527. The van der Waals surface area contributed by atoms with Gasteiger partial charge in [-0.2, -0.15) is 0 Å². The van der Waals surface area contributed by atoms with Crippen molar-refractivity contribution in [3.8, 4) is 0 Å². The summed E-state index contributed by atoms with van der Waals surface area (Å²) in [6, 6.07) is -0.0564. The summed E-state index contributed by atoms with van der Waals surface area (Å²) >= 11 is 0. The van der Waals surface area contributed by atoms with Gasteiger partial charge in [0.15, 0.2) is 0 Å². The first-order chi connectivity index (χ1) is 12.0. The van der Waals surface area contributed by atoms with E-state index in [9.17, 15) is 15.0 Å². The highest BCUT2D eigenvalue weighted by atomic mass is 16.5. The van der Waals surface area contributed by atoms with Crippen LogP contribution in [0.5, 0.6) is 0 Å². The molecule has 1 aromatic heterocycles. The van der Waals surface area contributed by atoms with Gasteiger partial charge in [-0.15, -0.1) is 0 Å². The fourth-order valence-corrected chi connectivity index (χ4v) is 6.17. The second kappa shape index (κ2) is 5.14. The van der Waals surface area contributed by atoms with Gasteiger partial charge in [-0.1, -0.05) is 0 Å². The Morgan fingerprint density at radius 3 is 2.80 bits per heavy atom. The molecule has 4 aliphatic rings. The molecule has 0 radical (unpaired) electrons. The van der Waals surface area contributed by atoms with E-state index in [1.807, 2.05) is 4.90 Å². The molecule has 0 amide bonds. The van der Waals surface area contributed by atoms with Crippen LogP contribution < -0.4 is 4.90 Å². The van der Waals surface area contributed by atoms with E-state index < -0.39 is 5.97 Å². The Kier molecular flexibility index (Phi) is 3.19. The van der Waals surface area contributed by atoms with E-state index in [0.29, 0.717) is 47.5 Å². The van der Waals surface area contributed by atoms with Gasteiger partial charge in [-0.05, 0) is 50.4 Å². The van der Waals surface area contributed by atoms with Crippen molar-refractivity contribution in [3.63, 3.8) is 0 Å².